The summed E-state index contributed by atoms with van der Waals surface area (Å²) in [5, 5.41) is 11.3. The first-order valence-electron chi connectivity index (χ1n) is 8.10. The quantitative estimate of drug-likeness (QED) is 0.551. The third kappa shape index (κ3) is 4.67. The van der Waals surface area contributed by atoms with Crippen LogP contribution in [0.1, 0.15) is 0 Å². The predicted molar refractivity (Wildman–Crippen MR) is 106 cm³/mol. The molecule has 9 nitrogen and oxygen atoms in total. The maximum absolute atomic E-state index is 11.3. The molecule has 10 heteroatoms. The Bertz CT molecular complexity index is 1070. The minimum atomic E-state index is -3.73. The Hall–Kier alpha value is -3.37. The maximum atomic E-state index is 11.3. The van der Waals surface area contributed by atoms with Crippen molar-refractivity contribution in [3.63, 3.8) is 0 Å². The molecule has 0 aliphatic rings. The summed E-state index contributed by atoms with van der Waals surface area (Å²) in [6, 6.07) is 13.1. The Labute approximate surface area is 162 Å². The van der Waals surface area contributed by atoms with Crippen molar-refractivity contribution in [1.29, 1.82) is 0 Å². The summed E-state index contributed by atoms with van der Waals surface area (Å²) in [7, 11) is -0.574. The predicted octanol–water partition coefficient (Wildman–Crippen LogP) is 2.63. The van der Waals surface area contributed by atoms with Crippen LogP contribution in [0.3, 0.4) is 0 Å². The van der Waals surface area contributed by atoms with E-state index in [0.717, 1.165) is 0 Å². The Morgan fingerprint density at radius 1 is 0.893 bits per heavy atom. The summed E-state index contributed by atoms with van der Waals surface area (Å²) in [4.78, 5) is 8.40. The molecule has 0 saturated carbocycles. The van der Waals surface area contributed by atoms with Crippen LogP contribution in [0.5, 0.6) is 11.5 Å². The van der Waals surface area contributed by atoms with Crippen LogP contribution in [-0.2, 0) is 10.0 Å². The molecular formula is C18H19N5O4S. The Kier molecular flexibility index (Phi) is 5.62. The van der Waals surface area contributed by atoms with E-state index in [1.54, 1.807) is 50.6 Å². The van der Waals surface area contributed by atoms with Crippen LogP contribution in [0.25, 0.3) is 0 Å². The standard InChI is InChI=1S/C18H19N5O4S/c1-26-13-5-8-16(27-2)15(9-13)23-18-10-17(20-11-21-18)22-12-3-6-14(7-4-12)28(19,24)25/h3-11H,1-2H3,(H2,19,24,25)(H2,20,21,22,23). The molecule has 0 radical (unpaired) electrons. The van der Waals surface area contributed by atoms with E-state index in [9.17, 15) is 8.42 Å². The number of nitrogens with one attached hydrogen (secondary N) is 2. The highest BCUT2D eigenvalue weighted by atomic mass is 32.2. The van der Waals surface area contributed by atoms with Gasteiger partial charge < -0.3 is 20.1 Å². The zero-order valence-electron chi connectivity index (χ0n) is 15.2. The number of hydrogen-bond acceptors (Lipinski definition) is 8. The molecule has 28 heavy (non-hydrogen) atoms. The molecule has 1 aromatic heterocycles. The normalized spacial score (nSPS) is 11.0. The van der Waals surface area contributed by atoms with Gasteiger partial charge in [0.2, 0.25) is 10.0 Å². The maximum Gasteiger partial charge on any atom is 0.238 e. The molecule has 3 aromatic rings. The van der Waals surface area contributed by atoms with E-state index in [4.69, 9.17) is 14.6 Å². The van der Waals surface area contributed by atoms with Crippen molar-refractivity contribution in [1.82, 2.24) is 9.97 Å². The van der Waals surface area contributed by atoms with Crippen LogP contribution in [0, 0.1) is 0 Å². The number of benzene rings is 2. The number of nitrogens with zero attached hydrogens (tertiary/aromatic N) is 2. The Morgan fingerprint density at radius 2 is 1.57 bits per heavy atom. The van der Waals surface area contributed by atoms with Crippen LogP contribution in [-0.4, -0.2) is 32.6 Å². The van der Waals surface area contributed by atoms with Gasteiger partial charge in [-0.3, -0.25) is 0 Å². The van der Waals surface area contributed by atoms with Crippen molar-refractivity contribution >= 4 is 33.0 Å². The van der Waals surface area contributed by atoms with Crippen LogP contribution in [0.4, 0.5) is 23.0 Å². The summed E-state index contributed by atoms with van der Waals surface area (Å²) in [6.07, 6.45) is 1.40. The van der Waals surface area contributed by atoms with Gasteiger partial charge in [-0.25, -0.2) is 23.5 Å². The molecule has 0 spiro atoms. The molecule has 0 unspecified atom stereocenters. The van der Waals surface area contributed by atoms with Crippen molar-refractivity contribution in [3.05, 3.63) is 54.9 Å². The van der Waals surface area contributed by atoms with E-state index in [1.165, 1.54) is 18.5 Å². The van der Waals surface area contributed by atoms with Gasteiger partial charge in [-0.05, 0) is 36.4 Å². The monoisotopic (exact) mass is 401 g/mol. The molecule has 1 heterocycles. The molecule has 0 amide bonds. The average molecular weight is 401 g/mol. The van der Waals surface area contributed by atoms with Gasteiger partial charge in [-0.15, -0.1) is 0 Å². The molecule has 0 atom stereocenters. The Morgan fingerprint density at radius 3 is 2.18 bits per heavy atom. The van der Waals surface area contributed by atoms with Gasteiger partial charge in [0.1, 0.15) is 29.5 Å². The minimum absolute atomic E-state index is 0.0354. The zero-order chi connectivity index (χ0) is 20.1. The fraction of sp³-hybridized carbons (Fsp3) is 0.111. The zero-order valence-corrected chi connectivity index (χ0v) is 16.0. The van der Waals surface area contributed by atoms with Crippen LogP contribution >= 0.6 is 0 Å². The van der Waals surface area contributed by atoms with E-state index >= 15 is 0 Å². The lowest BCUT2D eigenvalue weighted by atomic mass is 10.2. The molecule has 2 aromatic carbocycles. The van der Waals surface area contributed by atoms with E-state index in [2.05, 4.69) is 20.6 Å². The summed E-state index contributed by atoms with van der Waals surface area (Å²) in [5.41, 5.74) is 1.33. The topological polar surface area (TPSA) is 128 Å². The first-order chi connectivity index (χ1) is 13.4. The number of sulfonamides is 1. The highest BCUT2D eigenvalue weighted by molar-refractivity contribution is 7.89. The fourth-order valence-corrected chi connectivity index (χ4v) is 2.94. The number of primary sulfonamides is 1. The second-order valence-electron chi connectivity index (χ2n) is 5.67. The van der Waals surface area contributed by atoms with Crippen molar-refractivity contribution in [2.75, 3.05) is 24.9 Å². The minimum Gasteiger partial charge on any atom is -0.497 e. The highest BCUT2D eigenvalue weighted by Crippen LogP contribution is 2.31. The van der Waals surface area contributed by atoms with E-state index < -0.39 is 10.0 Å². The number of ether oxygens (including phenoxy) is 2. The van der Waals surface area contributed by atoms with Gasteiger partial charge >= 0.3 is 0 Å². The fourth-order valence-electron chi connectivity index (χ4n) is 2.42. The lowest BCUT2D eigenvalue weighted by Crippen LogP contribution is -2.11. The van der Waals surface area contributed by atoms with E-state index in [-0.39, 0.29) is 4.90 Å². The van der Waals surface area contributed by atoms with Crippen molar-refractivity contribution in [2.24, 2.45) is 5.14 Å². The number of nitrogens with two attached hydrogens (primary N) is 1. The van der Waals surface area contributed by atoms with E-state index in [0.29, 0.717) is 34.5 Å². The van der Waals surface area contributed by atoms with Gasteiger partial charge in [-0.1, -0.05) is 0 Å². The number of rotatable bonds is 7. The van der Waals surface area contributed by atoms with Crippen molar-refractivity contribution < 1.29 is 17.9 Å². The van der Waals surface area contributed by atoms with Crippen LogP contribution < -0.4 is 25.2 Å². The first-order valence-corrected chi connectivity index (χ1v) is 9.64. The SMILES string of the molecule is COc1ccc(OC)c(Nc2cc(Nc3ccc(S(N)(=O)=O)cc3)ncn2)c1. The average Bonchev–Trinajstić information content (AvgIpc) is 2.68. The molecule has 0 bridgehead atoms. The Balaban J connectivity index is 1.79. The lowest BCUT2D eigenvalue weighted by molar-refractivity contribution is 0.405. The molecule has 0 saturated heterocycles. The van der Waals surface area contributed by atoms with Crippen LogP contribution in [0.2, 0.25) is 0 Å². The number of methoxy groups -OCH3 is 2. The molecule has 0 fully saturated rings. The van der Waals surface area contributed by atoms with Gasteiger partial charge in [-0.2, -0.15) is 0 Å². The van der Waals surface area contributed by atoms with Gasteiger partial charge in [0.25, 0.3) is 0 Å². The molecule has 0 aliphatic carbocycles. The van der Waals surface area contributed by atoms with Crippen molar-refractivity contribution in [2.45, 2.75) is 4.90 Å². The second kappa shape index (κ2) is 8.11. The summed E-state index contributed by atoms with van der Waals surface area (Å²) in [5.74, 6) is 2.35. The molecule has 146 valence electrons. The number of anilines is 4. The summed E-state index contributed by atoms with van der Waals surface area (Å²) < 4.78 is 33.2. The smallest absolute Gasteiger partial charge is 0.238 e. The van der Waals surface area contributed by atoms with E-state index in [1.807, 2.05) is 0 Å². The lowest BCUT2D eigenvalue weighted by Gasteiger charge is -2.13. The number of aromatic nitrogens is 2. The summed E-state index contributed by atoms with van der Waals surface area (Å²) in [6.45, 7) is 0. The highest BCUT2D eigenvalue weighted by Gasteiger charge is 2.09. The number of hydrogen-bond donors (Lipinski definition) is 3. The van der Waals surface area contributed by atoms with Gasteiger partial charge in [0.05, 0.1) is 24.8 Å². The molecule has 0 aliphatic heterocycles. The van der Waals surface area contributed by atoms with Gasteiger partial charge in [0.15, 0.2) is 0 Å². The molecule has 3 rings (SSSR count). The third-order valence-electron chi connectivity index (χ3n) is 3.79. The largest absolute Gasteiger partial charge is 0.497 e. The third-order valence-corrected chi connectivity index (χ3v) is 4.72. The molecule has 4 N–H and O–H groups in total. The van der Waals surface area contributed by atoms with Crippen molar-refractivity contribution in [3.8, 4) is 11.5 Å². The van der Waals surface area contributed by atoms with Crippen LogP contribution in [0.15, 0.2) is 59.8 Å². The molecular weight excluding hydrogens is 382 g/mol. The summed E-state index contributed by atoms with van der Waals surface area (Å²) >= 11 is 0. The first kappa shape index (κ1) is 19.4. The second-order valence-corrected chi connectivity index (χ2v) is 7.24. The van der Waals surface area contributed by atoms with Gasteiger partial charge in [0, 0.05) is 17.8 Å².